The normalized spacial score (nSPS) is 23.5. The van der Waals surface area contributed by atoms with Crippen LogP contribution in [0.5, 0.6) is 0 Å². The van der Waals surface area contributed by atoms with Crippen molar-refractivity contribution in [3.05, 3.63) is 53.4 Å². The largest absolute Gasteiger partial charge is 0.376 e. The van der Waals surface area contributed by atoms with Gasteiger partial charge in [-0.25, -0.2) is 14.1 Å². The summed E-state index contributed by atoms with van der Waals surface area (Å²) >= 11 is 1.52. The van der Waals surface area contributed by atoms with E-state index in [9.17, 15) is 9.18 Å². The highest BCUT2D eigenvalue weighted by molar-refractivity contribution is 7.13. The van der Waals surface area contributed by atoms with Gasteiger partial charge in [0.25, 0.3) is 5.91 Å². The molecule has 1 saturated carbocycles. The molecule has 1 aromatic carbocycles. The molecule has 1 aliphatic carbocycles. The number of thiophene rings is 1. The van der Waals surface area contributed by atoms with E-state index < -0.39 is 0 Å². The molecule has 0 spiro atoms. The third-order valence-corrected chi connectivity index (χ3v) is 6.48. The number of nitrogens with zero attached hydrogens (tertiary/aromatic N) is 4. The highest BCUT2D eigenvalue weighted by Gasteiger charge is 2.52. The summed E-state index contributed by atoms with van der Waals surface area (Å²) in [5, 5.41) is 6.43. The summed E-state index contributed by atoms with van der Waals surface area (Å²) in [5.74, 6) is 0.696. The number of rotatable bonds is 4. The minimum Gasteiger partial charge on any atom is -0.376 e. The van der Waals surface area contributed by atoms with Crippen molar-refractivity contribution in [3.8, 4) is 16.4 Å². The van der Waals surface area contributed by atoms with Crippen LogP contribution >= 0.6 is 11.3 Å². The van der Waals surface area contributed by atoms with Crippen LogP contribution in [0.3, 0.4) is 0 Å². The third kappa shape index (κ3) is 2.84. The van der Waals surface area contributed by atoms with E-state index >= 15 is 0 Å². The average molecular weight is 398 g/mol. The Labute approximate surface area is 165 Å². The zero-order valence-corrected chi connectivity index (χ0v) is 16.2. The lowest BCUT2D eigenvalue weighted by Gasteiger charge is -2.55. The first kappa shape index (κ1) is 17.5. The molecule has 4 heterocycles. The minimum absolute atomic E-state index is 0.153. The molecule has 3 aliphatic rings. The van der Waals surface area contributed by atoms with Crippen LogP contribution in [-0.4, -0.2) is 51.4 Å². The molecule has 2 aromatic heterocycles. The van der Waals surface area contributed by atoms with Crippen LogP contribution in [0.15, 0.2) is 41.8 Å². The van der Waals surface area contributed by atoms with Gasteiger partial charge in [-0.05, 0) is 54.5 Å². The summed E-state index contributed by atoms with van der Waals surface area (Å²) in [4.78, 5) is 20.4. The molecule has 8 heteroatoms. The molecule has 0 atom stereocenters. The molecule has 2 aliphatic heterocycles. The fourth-order valence-corrected chi connectivity index (χ4v) is 4.93. The van der Waals surface area contributed by atoms with Crippen molar-refractivity contribution in [2.24, 2.45) is 5.92 Å². The number of methoxy groups -OCH3 is 1. The number of piperidine rings is 2. The Morgan fingerprint density at radius 3 is 2.75 bits per heavy atom. The smallest absolute Gasteiger partial charge is 0.293 e. The Morgan fingerprint density at radius 2 is 2.07 bits per heavy atom. The Hall–Kier alpha value is -2.58. The predicted octanol–water partition coefficient (Wildman–Crippen LogP) is 3.39. The third-order valence-electron chi connectivity index (χ3n) is 5.61. The molecule has 6 rings (SSSR count). The number of hydrogen-bond donors (Lipinski definition) is 0. The summed E-state index contributed by atoms with van der Waals surface area (Å²) in [7, 11) is 1.71. The number of halogens is 1. The summed E-state index contributed by atoms with van der Waals surface area (Å²) in [6.45, 7) is 1.28. The summed E-state index contributed by atoms with van der Waals surface area (Å²) in [6, 6.07) is 9.86. The first-order chi connectivity index (χ1) is 13.6. The van der Waals surface area contributed by atoms with Crippen LogP contribution in [0, 0.1) is 11.7 Å². The van der Waals surface area contributed by atoms with Crippen molar-refractivity contribution in [2.75, 3.05) is 20.2 Å². The number of carbonyl (C=O) groups excluding carboxylic acids is 1. The highest BCUT2D eigenvalue weighted by atomic mass is 32.1. The van der Waals surface area contributed by atoms with Crippen LogP contribution < -0.4 is 0 Å². The van der Waals surface area contributed by atoms with E-state index in [0.717, 1.165) is 17.7 Å². The predicted molar refractivity (Wildman–Crippen MR) is 103 cm³/mol. The van der Waals surface area contributed by atoms with Gasteiger partial charge in [0.05, 0.1) is 22.7 Å². The maximum Gasteiger partial charge on any atom is 0.293 e. The fraction of sp³-hybridized carbons (Fsp3) is 0.350. The number of benzene rings is 1. The van der Waals surface area contributed by atoms with Gasteiger partial charge in [-0.2, -0.15) is 0 Å². The van der Waals surface area contributed by atoms with Crippen LogP contribution in [-0.2, 0) is 4.74 Å². The quantitative estimate of drug-likeness (QED) is 0.676. The number of fused-ring (bicyclic) bond motifs is 2. The van der Waals surface area contributed by atoms with E-state index in [1.54, 1.807) is 28.8 Å². The molecule has 3 fully saturated rings. The zero-order valence-electron chi connectivity index (χ0n) is 15.3. The highest BCUT2D eigenvalue weighted by Crippen LogP contribution is 2.45. The van der Waals surface area contributed by atoms with E-state index in [1.165, 1.54) is 23.5 Å². The van der Waals surface area contributed by atoms with E-state index in [1.807, 2.05) is 17.5 Å². The minimum atomic E-state index is -0.324. The molecule has 0 unspecified atom stereocenters. The summed E-state index contributed by atoms with van der Waals surface area (Å²) < 4.78 is 20.6. The average Bonchev–Trinajstić information content (AvgIpc) is 3.37. The lowest BCUT2D eigenvalue weighted by Crippen LogP contribution is -2.63. The van der Waals surface area contributed by atoms with Crippen molar-refractivity contribution in [1.29, 1.82) is 0 Å². The summed E-state index contributed by atoms with van der Waals surface area (Å²) in [6.07, 6.45) is 2.01. The second-order valence-corrected chi connectivity index (χ2v) is 8.42. The SMILES string of the molecule is COC12CC(CN(C(=O)c3nc(-c4cccs4)n(-c4ccc(F)cc4)n3)C1)C2. The maximum absolute atomic E-state index is 13.3. The van der Waals surface area contributed by atoms with E-state index in [4.69, 9.17) is 4.74 Å². The lowest BCUT2D eigenvalue weighted by atomic mass is 9.67. The van der Waals surface area contributed by atoms with E-state index in [0.29, 0.717) is 30.5 Å². The Balaban J connectivity index is 1.51. The van der Waals surface area contributed by atoms with Crippen LogP contribution in [0.1, 0.15) is 23.5 Å². The molecular formula is C20H19FN4O2S. The monoisotopic (exact) mass is 398 g/mol. The van der Waals surface area contributed by atoms with Crippen molar-refractivity contribution >= 4 is 17.2 Å². The maximum atomic E-state index is 13.3. The second-order valence-electron chi connectivity index (χ2n) is 7.47. The molecule has 1 amide bonds. The number of aromatic nitrogens is 3. The number of ether oxygens (including phenoxy) is 1. The lowest BCUT2D eigenvalue weighted by molar-refractivity contribution is -0.151. The van der Waals surface area contributed by atoms with Gasteiger partial charge < -0.3 is 9.64 Å². The number of carbonyl (C=O) groups is 1. The molecule has 28 heavy (non-hydrogen) atoms. The van der Waals surface area contributed by atoms with Gasteiger partial charge >= 0.3 is 0 Å². The van der Waals surface area contributed by atoms with Gasteiger partial charge in [0, 0.05) is 13.7 Å². The molecular weight excluding hydrogens is 379 g/mol. The first-order valence-corrected chi connectivity index (χ1v) is 10.1. The Morgan fingerprint density at radius 1 is 1.29 bits per heavy atom. The molecule has 2 saturated heterocycles. The molecule has 6 nitrogen and oxygen atoms in total. The molecule has 3 aromatic rings. The van der Waals surface area contributed by atoms with Gasteiger partial charge in [-0.1, -0.05) is 6.07 Å². The van der Waals surface area contributed by atoms with Gasteiger partial charge in [0.2, 0.25) is 5.82 Å². The van der Waals surface area contributed by atoms with Crippen molar-refractivity contribution in [1.82, 2.24) is 19.7 Å². The summed E-state index contributed by atoms with van der Waals surface area (Å²) in [5.41, 5.74) is 0.445. The van der Waals surface area contributed by atoms with Crippen LogP contribution in [0.2, 0.25) is 0 Å². The molecule has 144 valence electrons. The van der Waals surface area contributed by atoms with Gasteiger partial charge in [0.1, 0.15) is 5.82 Å². The molecule has 0 N–H and O–H groups in total. The number of amides is 1. The van der Waals surface area contributed by atoms with Crippen molar-refractivity contribution in [3.63, 3.8) is 0 Å². The first-order valence-electron chi connectivity index (χ1n) is 9.18. The molecule has 2 bridgehead atoms. The zero-order chi connectivity index (χ0) is 19.3. The van der Waals surface area contributed by atoms with Crippen LogP contribution in [0.4, 0.5) is 4.39 Å². The van der Waals surface area contributed by atoms with E-state index in [-0.39, 0.29) is 23.1 Å². The van der Waals surface area contributed by atoms with Gasteiger partial charge in [0.15, 0.2) is 5.82 Å². The van der Waals surface area contributed by atoms with Crippen molar-refractivity contribution < 1.29 is 13.9 Å². The fourth-order valence-electron chi connectivity index (χ4n) is 4.23. The number of hydrogen-bond acceptors (Lipinski definition) is 5. The van der Waals surface area contributed by atoms with Crippen molar-refractivity contribution in [2.45, 2.75) is 18.4 Å². The van der Waals surface area contributed by atoms with Gasteiger partial charge in [-0.15, -0.1) is 16.4 Å². The van der Waals surface area contributed by atoms with E-state index in [2.05, 4.69) is 10.1 Å². The second kappa shape index (κ2) is 6.49. The standard InChI is InChI=1S/C20H19FN4O2S/c1-27-20-9-13(10-20)11-24(12-20)19(26)17-22-18(16-3-2-8-28-16)25(23-17)15-6-4-14(21)5-7-15/h2-8,13H,9-12H2,1H3. The topological polar surface area (TPSA) is 60.2 Å². The Bertz CT molecular complexity index is 1010. The van der Waals surface area contributed by atoms with Gasteiger partial charge in [-0.3, -0.25) is 4.79 Å². The van der Waals surface area contributed by atoms with Crippen LogP contribution in [0.25, 0.3) is 16.4 Å². The Kier molecular flexibility index (Phi) is 4.06. The molecule has 0 radical (unpaired) electrons.